The Labute approximate surface area is 119 Å². The summed E-state index contributed by atoms with van der Waals surface area (Å²) in [5.74, 6) is 0.991. The topological polar surface area (TPSA) is 70.0 Å². The molecule has 19 heavy (non-hydrogen) atoms. The Hall–Kier alpha value is -1.03. The molecule has 0 spiro atoms. The Kier molecular flexibility index (Phi) is 6.35. The first-order chi connectivity index (χ1) is 8.99. The highest BCUT2D eigenvalue weighted by atomic mass is 32.2. The molecule has 1 unspecified atom stereocenters. The van der Waals surface area contributed by atoms with Crippen LogP contribution in [0.15, 0.2) is 29.2 Å². The maximum Gasteiger partial charge on any atom is 0.179 e. The maximum absolute atomic E-state index is 12.1. The average Bonchev–Trinajstić information content (AvgIpc) is 2.39. The Bertz CT molecular complexity index is 550. The Balaban J connectivity index is 2.63. The van der Waals surface area contributed by atoms with Crippen molar-refractivity contribution in [3.05, 3.63) is 29.8 Å². The van der Waals surface area contributed by atoms with Crippen molar-refractivity contribution in [2.45, 2.75) is 17.9 Å². The van der Waals surface area contributed by atoms with E-state index in [9.17, 15) is 8.42 Å². The van der Waals surface area contributed by atoms with Crippen molar-refractivity contribution in [1.29, 1.82) is 5.26 Å². The molecule has 1 aromatic carbocycles. The molecular weight excluding hydrogens is 280 g/mol. The average molecular weight is 298 g/mol. The molecule has 4 nitrogen and oxygen atoms in total. The van der Waals surface area contributed by atoms with Gasteiger partial charge in [0.15, 0.2) is 9.84 Å². The molecule has 1 rings (SSSR count). The normalized spacial score (nSPS) is 12.9. The number of nitriles is 1. The van der Waals surface area contributed by atoms with Crippen molar-refractivity contribution in [1.82, 2.24) is 5.32 Å². The van der Waals surface area contributed by atoms with E-state index in [0.29, 0.717) is 12.1 Å². The lowest BCUT2D eigenvalue weighted by Crippen LogP contribution is -2.32. The van der Waals surface area contributed by atoms with E-state index in [1.807, 2.05) is 19.2 Å². The van der Waals surface area contributed by atoms with Gasteiger partial charge >= 0.3 is 0 Å². The fraction of sp³-hybridized carbons (Fsp3) is 0.462. The third-order valence-corrected chi connectivity index (χ3v) is 5.15. The summed E-state index contributed by atoms with van der Waals surface area (Å²) in [5, 5.41) is 11.9. The Morgan fingerprint density at radius 2 is 2.21 bits per heavy atom. The van der Waals surface area contributed by atoms with Crippen LogP contribution >= 0.6 is 11.8 Å². The third kappa shape index (κ3) is 5.23. The predicted octanol–water partition coefficient (Wildman–Crippen LogP) is 1.67. The number of rotatable bonds is 7. The van der Waals surface area contributed by atoms with Crippen molar-refractivity contribution in [3.8, 4) is 6.07 Å². The maximum atomic E-state index is 12.1. The van der Waals surface area contributed by atoms with E-state index in [4.69, 9.17) is 5.26 Å². The first kappa shape index (κ1) is 16.0. The van der Waals surface area contributed by atoms with Gasteiger partial charge in [0.2, 0.25) is 0 Å². The SMILES string of the molecule is CSCC(C)NCCS(=O)(=O)c1cccc(C#N)c1. The van der Waals surface area contributed by atoms with Gasteiger partial charge in [0.25, 0.3) is 0 Å². The van der Waals surface area contributed by atoms with Gasteiger partial charge in [0, 0.05) is 18.3 Å². The second kappa shape index (κ2) is 7.53. The van der Waals surface area contributed by atoms with Gasteiger partial charge in [0.1, 0.15) is 0 Å². The summed E-state index contributed by atoms with van der Waals surface area (Å²) in [5.41, 5.74) is 0.366. The van der Waals surface area contributed by atoms with Gasteiger partial charge in [-0.15, -0.1) is 0 Å². The molecule has 6 heteroatoms. The highest BCUT2D eigenvalue weighted by molar-refractivity contribution is 7.98. The molecule has 0 aliphatic rings. The summed E-state index contributed by atoms with van der Waals surface area (Å²) in [6.45, 7) is 2.44. The van der Waals surface area contributed by atoms with E-state index >= 15 is 0 Å². The second-order valence-corrected chi connectivity index (χ2v) is 7.29. The largest absolute Gasteiger partial charge is 0.312 e. The third-order valence-electron chi connectivity index (χ3n) is 2.60. The molecule has 1 aromatic rings. The second-order valence-electron chi connectivity index (χ2n) is 4.27. The number of benzene rings is 1. The quantitative estimate of drug-likeness (QED) is 0.829. The van der Waals surface area contributed by atoms with Crippen molar-refractivity contribution >= 4 is 21.6 Å². The van der Waals surface area contributed by atoms with Gasteiger partial charge in [-0.05, 0) is 31.4 Å². The number of sulfone groups is 1. The van der Waals surface area contributed by atoms with E-state index in [-0.39, 0.29) is 16.7 Å². The van der Waals surface area contributed by atoms with E-state index in [1.54, 1.807) is 23.9 Å². The molecule has 0 amide bonds. The van der Waals surface area contributed by atoms with Gasteiger partial charge in [-0.25, -0.2) is 8.42 Å². The van der Waals surface area contributed by atoms with Crippen LogP contribution < -0.4 is 5.32 Å². The zero-order valence-corrected chi connectivity index (χ0v) is 12.7. The van der Waals surface area contributed by atoms with Crippen LogP contribution in [-0.2, 0) is 9.84 Å². The van der Waals surface area contributed by atoms with E-state index in [1.165, 1.54) is 12.1 Å². The molecule has 0 fully saturated rings. The van der Waals surface area contributed by atoms with Crippen molar-refractivity contribution in [3.63, 3.8) is 0 Å². The summed E-state index contributed by atoms with van der Waals surface area (Å²) in [6.07, 6.45) is 2.02. The Morgan fingerprint density at radius 1 is 1.47 bits per heavy atom. The standard InChI is InChI=1S/C13H18N2O2S2/c1-11(10-18-2)15-6-7-19(16,17)13-5-3-4-12(8-13)9-14/h3-5,8,11,15H,6-7,10H2,1-2H3. The molecule has 1 atom stereocenters. The fourth-order valence-electron chi connectivity index (χ4n) is 1.63. The van der Waals surface area contributed by atoms with Crippen molar-refractivity contribution in [2.75, 3.05) is 24.3 Å². The molecule has 0 heterocycles. The number of thioether (sulfide) groups is 1. The smallest absolute Gasteiger partial charge is 0.179 e. The minimum atomic E-state index is -3.32. The highest BCUT2D eigenvalue weighted by Crippen LogP contribution is 2.12. The summed E-state index contributed by atoms with van der Waals surface area (Å²) < 4.78 is 24.2. The number of hydrogen-bond acceptors (Lipinski definition) is 5. The van der Waals surface area contributed by atoms with Crippen LogP contribution in [0.2, 0.25) is 0 Å². The van der Waals surface area contributed by atoms with Crippen LogP contribution in [0.25, 0.3) is 0 Å². The summed E-state index contributed by atoms with van der Waals surface area (Å²) in [4.78, 5) is 0.214. The highest BCUT2D eigenvalue weighted by Gasteiger charge is 2.14. The van der Waals surface area contributed by atoms with Crippen LogP contribution in [0.1, 0.15) is 12.5 Å². The molecule has 0 aliphatic carbocycles. The van der Waals surface area contributed by atoms with E-state index in [2.05, 4.69) is 5.32 Å². The van der Waals surface area contributed by atoms with E-state index in [0.717, 1.165) is 5.75 Å². The molecule has 0 aromatic heterocycles. The molecule has 0 radical (unpaired) electrons. The zero-order valence-electron chi connectivity index (χ0n) is 11.1. The van der Waals surface area contributed by atoms with Crippen LogP contribution in [0.3, 0.4) is 0 Å². The lowest BCUT2D eigenvalue weighted by molar-refractivity contribution is 0.580. The molecule has 1 N–H and O–H groups in total. The fourth-order valence-corrected chi connectivity index (χ4v) is 3.46. The Morgan fingerprint density at radius 3 is 2.84 bits per heavy atom. The predicted molar refractivity (Wildman–Crippen MR) is 79.1 cm³/mol. The van der Waals surface area contributed by atoms with Gasteiger partial charge in [-0.2, -0.15) is 17.0 Å². The molecule has 0 saturated heterocycles. The van der Waals surface area contributed by atoms with Crippen molar-refractivity contribution in [2.24, 2.45) is 0 Å². The van der Waals surface area contributed by atoms with Crippen LogP contribution in [0.5, 0.6) is 0 Å². The number of hydrogen-bond donors (Lipinski definition) is 1. The van der Waals surface area contributed by atoms with E-state index < -0.39 is 9.84 Å². The van der Waals surface area contributed by atoms with Crippen LogP contribution in [-0.4, -0.2) is 38.8 Å². The molecule has 0 aliphatic heterocycles. The lowest BCUT2D eigenvalue weighted by Gasteiger charge is -2.12. The minimum absolute atomic E-state index is 0.0423. The van der Waals surface area contributed by atoms with Crippen molar-refractivity contribution < 1.29 is 8.42 Å². The van der Waals surface area contributed by atoms with Crippen LogP contribution in [0, 0.1) is 11.3 Å². The first-order valence-corrected chi connectivity index (χ1v) is 8.99. The minimum Gasteiger partial charge on any atom is -0.312 e. The summed E-state index contributed by atoms with van der Waals surface area (Å²) in [7, 11) is -3.32. The number of nitrogens with one attached hydrogen (secondary N) is 1. The first-order valence-electron chi connectivity index (χ1n) is 5.95. The molecule has 104 valence electrons. The van der Waals surface area contributed by atoms with Gasteiger partial charge in [-0.1, -0.05) is 6.07 Å². The monoisotopic (exact) mass is 298 g/mol. The lowest BCUT2D eigenvalue weighted by atomic mass is 10.2. The zero-order chi connectivity index (χ0) is 14.3. The van der Waals surface area contributed by atoms with Gasteiger partial charge < -0.3 is 5.32 Å². The molecular formula is C13H18N2O2S2. The summed E-state index contributed by atoms with van der Waals surface area (Å²) >= 11 is 1.72. The number of nitrogens with zero attached hydrogens (tertiary/aromatic N) is 1. The molecule has 0 bridgehead atoms. The van der Waals surface area contributed by atoms with Gasteiger partial charge in [-0.3, -0.25) is 0 Å². The molecule has 0 saturated carbocycles. The van der Waals surface area contributed by atoms with Gasteiger partial charge in [0.05, 0.1) is 22.3 Å². The van der Waals surface area contributed by atoms with Crippen LogP contribution in [0.4, 0.5) is 0 Å². The summed E-state index contributed by atoms with van der Waals surface area (Å²) in [6, 6.07) is 8.37.